The number of pyridine rings is 1. The Hall–Kier alpha value is -1.88. The molecule has 3 N–H and O–H groups in total. The van der Waals surface area contributed by atoms with Crippen LogP contribution < -0.4 is 11.1 Å². The van der Waals surface area contributed by atoms with Crippen molar-refractivity contribution in [2.24, 2.45) is 0 Å². The Balaban J connectivity index is 2.24. The van der Waals surface area contributed by atoms with Crippen LogP contribution in [0, 0.1) is 0 Å². The minimum Gasteiger partial charge on any atom is -0.397 e. The van der Waals surface area contributed by atoms with Crippen LogP contribution in [0.3, 0.4) is 0 Å². The third kappa shape index (κ3) is 2.62. The highest BCUT2D eigenvalue weighted by atomic mass is 79.9. The van der Waals surface area contributed by atoms with E-state index < -0.39 is 0 Å². The summed E-state index contributed by atoms with van der Waals surface area (Å²) in [6.45, 7) is 0. The average Bonchev–Trinajstić information content (AvgIpc) is 2.32. The van der Waals surface area contributed by atoms with Gasteiger partial charge in [0.25, 0.3) is 5.91 Å². The van der Waals surface area contributed by atoms with Gasteiger partial charge in [-0.1, -0.05) is 12.1 Å². The van der Waals surface area contributed by atoms with Crippen LogP contribution in [0.5, 0.6) is 0 Å². The second kappa shape index (κ2) is 4.97. The van der Waals surface area contributed by atoms with Gasteiger partial charge in [0, 0.05) is 10.7 Å². The van der Waals surface area contributed by atoms with Gasteiger partial charge in [0.15, 0.2) is 0 Å². The predicted molar refractivity (Wildman–Crippen MR) is 70.7 cm³/mol. The van der Waals surface area contributed by atoms with Crippen LogP contribution in [0.4, 0.5) is 11.4 Å². The number of halogens is 1. The molecule has 0 aliphatic heterocycles. The van der Waals surface area contributed by atoms with Crippen LogP contribution in [0.15, 0.2) is 47.2 Å². The van der Waals surface area contributed by atoms with Gasteiger partial charge < -0.3 is 11.1 Å². The van der Waals surface area contributed by atoms with Gasteiger partial charge in [-0.25, -0.2) is 0 Å². The molecule has 17 heavy (non-hydrogen) atoms. The van der Waals surface area contributed by atoms with Crippen molar-refractivity contribution in [2.75, 3.05) is 11.1 Å². The SMILES string of the molecule is Nc1cnccc1C(=O)Nc1ccccc1Br. The first-order chi connectivity index (χ1) is 8.18. The summed E-state index contributed by atoms with van der Waals surface area (Å²) in [5.74, 6) is -0.253. The first kappa shape index (κ1) is 11.6. The molecule has 2 rings (SSSR count). The molecule has 0 bridgehead atoms. The number of amides is 1. The van der Waals surface area contributed by atoms with E-state index in [1.807, 2.05) is 18.2 Å². The quantitative estimate of drug-likeness (QED) is 0.894. The number of nitrogen functional groups attached to an aromatic ring is 1. The number of nitrogens with zero attached hydrogens (tertiary/aromatic N) is 1. The molecule has 5 heteroatoms. The maximum atomic E-state index is 11.9. The number of benzene rings is 1. The minimum atomic E-state index is -0.253. The average molecular weight is 292 g/mol. The zero-order valence-corrected chi connectivity index (χ0v) is 10.4. The summed E-state index contributed by atoms with van der Waals surface area (Å²) < 4.78 is 0.820. The lowest BCUT2D eigenvalue weighted by molar-refractivity contribution is 0.102. The second-order valence-corrected chi connectivity index (χ2v) is 4.25. The molecule has 0 aliphatic rings. The van der Waals surface area contributed by atoms with E-state index in [0.29, 0.717) is 16.9 Å². The topological polar surface area (TPSA) is 68.0 Å². The predicted octanol–water partition coefficient (Wildman–Crippen LogP) is 2.68. The van der Waals surface area contributed by atoms with E-state index in [2.05, 4.69) is 26.2 Å². The molecule has 2 aromatic rings. The number of nitrogens with two attached hydrogens (primary N) is 1. The molecule has 0 fully saturated rings. The van der Waals surface area contributed by atoms with Crippen molar-refractivity contribution in [3.8, 4) is 0 Å². The number of aromatic nitrogens is 1. The van der Waals surface area contributed by atoms with Gasteiger partial charge in [-0.05, 0) is 34.1 Å². The Bertz CT molecular complexity index is 557. The highest BCUT2D eigenvalue weighted by Crippen LogP contribution is 2.22. The fraction of sp³-hybridized carbons (Fsp3) is 0. The van der Waals surface area contributed by atoms with Gasteiger partial charge in [0.2, 0.25) is 0 Å². The number of nitrogens with one attached hydrogen (secondary N) is 1. The Kier molecular flexibility index (Phi) is 3.39. The Morgan fingerprint density at radius 3 is 2.76 bits per heavy atom. The van der Waals surface area contributed by atoms with E-state index in [4.69, 9.17) is 5.73 Å². The van der Waals surface area contributed by atoms with E-state index >= 15 is 0 Å². The molecule has 1 heterocycles. The number of carbonyl (C=O) groups excluding carboxylic acids is 1. The highest BCUT2D eigenvalue weighted by Gasteiger charge is 2.10. The number of carbonyl (C=O) groups is 1. The standard InChI is InChI=1S/C12H10BrN3O/c13-9-3-1-2-4-11(9)16-12(17)8-5-6-15-7-10(8)14/h1-7H,14H2,(H,16,17). The molecular formula is C12H10BrN3O. The van der Waals surface area contributed by atoms with Gasteiger partial charge >= 0.3 is 0 Å². The summed E-state index contributed by atoms with van der Waals surface area (Å²) in [5.41, 5.74) is 7.15. The first-order valence-electron chi connectivity index (χ1n) is 4.94. The van der Waals surface area contributed by atoms with E-state index in [-0.39, 0.29) is 5.91 Å². The van der Waals surface area contributed by atoms with Gasteiger partial charge in [0.05, 0.1) is 23.1 Å². The summed E-state index contributed by atoms with van der Waals surface area (Å²) in [6, 6.07) is 8.96. The summed E-state index contributed by atoms with van der Waals surface area (Å²) in [4.78, 5) is 15.8. The second-order valence-electron chi connectivity index (χ2n) is 3.40. The molecule has 1 amide bonds. The van der Waals surface area contributed by atoms with Crippen LogP contribution in [0.25, 0.3) is 0 Å². The number of anilines is 2. The molecule has 4 nitrogen and oxygen atoms in total. The third-order valence-electron chi connectivity index (χ3n) is 2.22. The minimum absolute atomic E-state index is 0.253. The van der Waals surface area contributed by atoms with Crippen molar-refractivity contribution >= 4 is 33.2 Å². The van der Waals surface area contributed by atoms with Crippen LogP contribution in [-0.2, 0) is 0 Å². The molecule has 0 saturated heterocycles. The monoisotopic (exact) mass is 291 g/mol. The largest absolute Gasteiger partial charge is 0.397 e. The lowest BCUT2D eigenvalue weighted by Crippen LogP contribution is -2.14. The molecule has 1 aromatic heterocycles. The van der Waals surface area contributed by atoms with E-state index in [1.54, 1.807) is 12.1 Å². The zero-order valence-electron chi connectivity index (χ0n) is 8.85. The van der Waals surface area contributed by atoms with Gasteiger partial charge in [-0.15, -0.1) is 0 Å². The lowest BCUT2D eigenvalue weighted by Gasteiger charge is -2.08. The summed E-state index contributed by atoms with van der Waals surface area (Å²) in [7, 11) is 0. The molecule has 0 atom stereocenters. The highest BCUT2D eigenvalue weighted by molar-refractivity contribution is 9.10. The van der Waals surface area contributed by atoms with E-state index in [9.17, 15) is 4.79 Å². The zero-order chi connectivity index (χ0) is 12.3. The smallest absolute Gasteiger partial charge is 0.257 e. The first-order valence-corrected chi connectivity index (χ1v) is 5.73. The van der Waals surface area contributed by atoms with Crippen molar-refractivity contribution in [3.63, 3.8) is 0 Å². The van der Waals surface area contributed by atoms with Crippen LogP contribution in [0.1, 0.15) is 10.4 Å². The summed E-state index contributed by atoms with van der Waals surface area (Å²) in [6.07, 6.45) is 2.99. The van der Waals surface area contributed by atoms with Crippen molar-refractivity contribution in [1.82, 2.24) is 4.98 Å². The summed E-state index contributed by atoms with van der Waals surface area (Å²) >= 11 is 3.36. The molecule has 86 valence electrons. The Morgan fingerprint density at radius 1 is 1.29 bits per heavy atom. The number of para-hydroxylation sites is 1. The maximum Gasteiger partial charge on any atom is 0.257 e. The third-order valence-corrected chi connectivity index (χ3v) is 2.91. The fourth-order valence-electron chi connectivity index (χ4n) is 1.37. The molecule has 0 radical (unpaired) electrons. The van der Waals surface area contributed by atoms with Gasteiger partial charge in [-0.2, -0.15) is 0 Å². The van der Waals surface area contributed by atoms with Crippen molar-refractivity contribution in [2.45, 2.75) is 0 Å². The normalized spacial score (nSPS) is 9.94. The molecular weight excluding hydrogens is 282 g/mol. The van der Waals surface area contributed by atoms with Crippen molar-refractivity contribution in [1.29, 1.82) is 0 Å². The number of hydrogen-bond acceptors (Lipinski definition) is 3. The van der Waals surface area contributed by atoms with Crippen molar-refractivity contribution in [3.05, 3.63) is 52.8 Å². The van der Waals surface area contributed by atoms with Crippen molar-refractivity contribution < 1.29 is 4.79 Å². The summed E-state index contributed by atoms with van der Waals surface area (Å²) in [5, 5.41) is 2.77. The molecule has 0 unspecified atom stereocenters. The van der Waals surface area contributed by atoms with Crippen LogP contribution in [-0.4, -0.2) is 10.9 Å². The molecule has 0 saturated carbocycles. The van der Waals surface area contributed by atoms with Gasteiger partial charge in [-0.3, -0.25) is 9.78 Å². The van der Waals surface area contributed by atoms with Gasteiger partial charge in [0.1, 0.15) is 0 Å². The Morgan fingerprint density at radius 2 is 2.06 bits per heavy atom. The molecule has 0 spiro atoms. The lowest BCUT2D eigenvalue weighted by atomic mass is 10.2. The van der Waals surface area contributed by atoms with Crippen LogP contribution >= 0.6 is 15.9 Å². The van der Waals surface area contributed by atoms with E-state index in [1.165, 1.54) is 12.4 Å². The van der Waals surface area contributed by atoms with E-state index in [0.717, 1.165) is 4.47 Å². The van der Waals surface area contributed by atoms with Crippen LogP contribution in [0.2, 0.25) is 0 Å². The maximum absolute atomic E-state index is 11.9. The molecule has 1 aromatic carbocycles. The Labute approximate surface area is 107 Å². The fourth-order valence-corrected chi connectivity index (χ4v) is 1.75. The number of hydrogen-bond donors (Lipinski definition) is 2. The molecule has 0 aliphatic carbocycles. The number of rotatable bonds is 2.